The van der Waals surface area contributed by atoms with E-state index in [0.29, 0.717) is 36.0 Å². The number of aromatic nitrogens is 2. The summed E-state index contributed by atoms with van der Waals surface area (Å²) in [6.45, 7) is 8.23. The van der Waals surface area contributed by atoms with Gasteiger partial charge in [-0.05, 0) is 74.2 Å². The summed E-state index contributed by atoms with van der Waals surface area (Å²) in [7, 11) is -3.85. The molecule has 0 spiro atoms. The Bertz CT molecular complexity index is 1200. The van der Waals surface area contributed by atoms with Gasteiger partial charge in [0.1, 0.15) is 5.75 Å². The average molecular weight is 483 g/mol. The third kappa shape index (κ3) is 7.28. The molecule has 0 atom stereocenters. The summed E-state index contributed by atoms with van der Waals surface area (Å²) in [6, 6.07) is 15.6. The summed E-state index contributed by atoms with van der Waals surface area (Å²) in [5, 5.41) is 2.77. The number of nitrogens with zero attached hydrogens (tertiary/aromatic N) is 2. The van der Waals surface area contributed by atoms with E-state index < -0.39 is 10.0 Å². The van der Waals surface area contributed by atoms with Crippen molar-refractivity contribution in [1.29, 1.82) is 0 Å². The molecule has 2 N–H and O–H groups in total. The number of hydrogen-bond donors (Lipinski definition) is 2. The maximum absolute atomic E-state index is 12.6. The molecule has 1 aromatic heterocycles. The number of carbonyl (C=O) groups excluding carboxylic acids is 1. The van der Waals surface area contributed by atoms with E-state index in [9.17, 15) is 13.2 Å². The Morgan fingerprint density at radius 2 is 1.59 bits per heavy atom. The summed E-state index contributed by atoms with van der Waals surface area (Å²) in [5.41, 5.74) is 3.09. The van der Waals surface area contributed by atoms with Gasteiger partial charge in [-0.15, -0.1) is 0 Å². The summed E-state index contributed by atoms with van der Waals surface area (Å²) < 4.78 is 33.3. The van der Waals surface area contributed by atoms with Crippen LogP contribution in [0.3, 0.4) is 0 Å². The van der Waals surface area contributed by atoms with Crippen LogP contribution in [0.1, 0.15) is 49.6 Å². The summed E-state index contributed by atoms with van der Waals surface area (Å²) >= 11 is 0. The van der Waals surface area contributed by atoms with Crippen molar-refractivity contribution >= 4 is 27.6 Å². The number of rotatable bonds is 10. The van der Waals surface area contributed by atoms with Crippen LogP contribution in [-0.2, 0) is 14.8 Å². The van der Waals surface area contributed by atoms with Gasteiger partial charge in [-0.3, -0.25) is 4.79 Å². The van der Waals surface area contributed by atoms with Gasteiger partial charge in [-0.2, -0.15) is 0 Å². The number of nitrogens with one attached hydrogen (secondary N) is 2. The molecule has 0 aliphatic rings. The van der Waals surface area contributed by atoms with Crippen molar-refractivity contribution in [3.05, 3.63) is 71.5 Å². The van der Waals surface area contributed by atoms with Gasteiger partial charge in [0.05, 0.1) is 11.5 Å². The van der Waals surface area contributed by atoms with Crippen molar-refractivity contribution in [3.8, 4) is 5.75 Å². The van der Waals surface area contributed by atoms with E-state index in [4.69, 9.17) is 4.74 Å². The van der Waals surface area contributed by atoms with Crippen molar-refractivity contribution in [2.45, 2.75) is 51.3 Å². The number of carbonyl (C=O) groups is 1. The first kappa shape index (κ1) is 25.2. The van der Waals surface area contributed by atoms with Gasteiger partial charge in [0, 0.05) is 23.5 Å². The summed E-state index contributed by atoms with van der Waals surface area (Å²) in [5.74, 6) is 1.10. The minimum atomic E-state index is -3.85. The van der Waals surface area contributed by atoms with Gasteiger partial charge in [0.25, 0.3) is 10.0 Å². The zero-order chi connectivity index (χ0) is 24.7. The maximum Gasteiger partial charge on any atom is 0.264 e. The van der Waals surface area contributed by atoms with Gasteiger partial charge < -0.3 is 10.1 Å². The molecule has 3 rings (SSSR count). The molecule has 180 valence electrons. The van der Waals surface area contributed by atoms with Gasteiger partial charge in [0.15, 0.2) is 0 Å². The molecule has 0 fully saturated rings. The van der Waals surface area contributed by atoms with Crippen LogP contribution in [0.25, 0.3) is 0 Å². The van der Waals surface area contributed by atoms with E-state index in [1.54, 1.807) is 32.0 Å². The van der Waals surface area contributed by atoms with Gasteiger partial charge >= 0.3 is 0 Å². The second kappa shape index (κ2) is 11.1. The van der Waals surface area contributed by atoms with Crippen molar-refractivity contribution < 1.29 is 17.9 Å². The summed E-state index contributed by atoms with van der Waals surface area (Å²) in [4.78, 5) is 20.5. The zero-order valence-corrected chi connectivity index (χ0v) is 20.6. The molecule has 1 heterocycles. The lowest BCUT2D eigenvalue weighted by molar-refractivity contribution is -0.116. The lowest BCUT2D eigenvalue weighted by Gasteiger charge is -2.10. The normalized spacial score (nSPS) is 11.3. The van der Waals surface area contributed by atoms with Crippen LogP contribution in [0.2, 0.25) is 0 Å². The number of hydrogen-bond acceptors (Lipinski definition) is 6. The minimum absolute atomic E-state index is 0.0213. The molecule has 0 saturated heterocycles. The van der Waals surface area contributed by atoms with Crippen molar-refractivity contribution in [3.63, 3.8) is 0 Å². The number of ether oxygens (including phenoxy) is 1. The molecular formula is C25H30N4O4S. The standard InChI is InChI=1S/C25H30N4O4S/c1-17(2)20-7-11-22(12-8-20)33-15-5-6-24(30)28-21-9-13-23(14-10-21)34(31,32)29-25-26-18(3)16-19(4)27-25/h7-14,16-17H,5-6,15H2,1-4H3,(H,28,30)(H,26,27,29). The Morgan fingerprint density at radius 1 is 0.971 bits per heavy atom. The Morgan fingerprint density at radius 3 is 2.18 bits per heavy atom. The molecule has 1 amide bonds. The molecule has 0 aliphatic carbocycles. The van der Waals surface area contributed by atoms with Crippen LogP contribution in [0.15, 0.2) is 59.5 Å². The van der Waals surface area contributed by atoms with Gasteiger partial charge in [-0.1, -0.05) is 26.0 Å². The first-order chi connectivity index (χ1) is 16.1. The van der Waals surface area contributed by atoms with E-state index in [-0.39, 0.29) is 23.2 Å². The predicted molar refractivity (Wildman–Crippen MR) is 133 cm³/mol. The topological polar surface area (TPSA) is 110 Å². The highest BCUT2D eigenvalue weighted by Gasteiger charge is 2.16. The molecule has 8 nitrogen and oxygen atoms in total. The van der Waals surface area contributed by atoms with E-state index in [1.165, 1.54) is 17.7 Å². The third-order valence-electron chi connectivity index (χ3n) is 5.02. The highest BCUT2D eigenvalue weighted by atomic mass is 32.2. The number of aryl methyl sites for hydroxylation is 2. The molecule has 9 heteroatoms. The van der Waals surface area contributed by atoms with Crippen LogP contribution >= 0.6 is 0 Å². The number of anilines is 2. The zero-order valence-electron chi connectivity index (χ0n) is 19.8. The number of benzene rings is 2. The minimum Gasteiger partial charge on any atom is -0.494 e. The lowest BCUT2D eigenvalue weighted by atomic mass is 10.0. The predicted octanol–water partition coefficient (Wildman–Crippen LogP) is 4.82. The molecule has 0 aliphatic heterocycles. The number of sulfonamides is 1. The number of amides is 1. The van der Waals surface area contributed by atoms with Crippen LogP contribution in [0.5, 0.6) is 5.75 Å². The molecular weight excluding hydrogens is 452 g/mol. The van der Waals surface area contributed by atoms with Crippen LogP contribution in [-0.4, -0.2) is 30.9 Å². The smallest absolute Gasteiger partial charge is 0.264 e. The molecule has 2 aromatic carbocycles. The van der Waals surface area contributed by atoms with Crippen molar-refractivity contribution in [2.24, 2.45) is 0 Å². The van der Waals surface area contributed by atoms with E-state index in [0.717, 1.165) is 5.75 Å². The molecule has 0 bridgehead atoms. The van der Waals surface area contributed by atoms with Crippen LogP contribution in [0.4, 0.5) is 11.6 Å². The first-order valence-corrected chi connectivity index (χ1v) is 12.6. The quantitative estimate of drug-likeness (QED) is 0.401. The molecule has 0 unspecified atom stereocenters. The maximum atomic E-state index is 12.6. The van der Waals surface area contributed by atoms with Crippen molar-refractivity contribution in [1.82, 2.24) is 9.97 Å². The Hall–Kier alpha value is -3.46. The molecule has 34 heavy (non-hydrogen) atoms. The Kier molecular flexibility index (Phi) is 8.22. The average Bonchev–Trinajstić information content (AvgIpc) is 2.76. The third-order valence-corrected chi connectivity index (χ3v) is 6.36. The molecule has 3 aromatic rings. The lowest BCUT2D eigenvalue weighted by Crippen LogP contribution is -2.16. The fourth-order valence-electron chi connectivity index (χ4n) is 3.26. The second-order valence-corrected chi connectivity index (χ2v) is 10.0. The van der Waals surface area contributed by atoms with Gasteiger partial charge in [-0.25, -0.2) is 23.1 Å². The molecule has 0 saturated carbocycles. The molecule has 0 radical (unpaired) electrons. The largest absolute Gasteiger partial charge is 0.494 e. The van der Waals surface area contributed by atoms with Crippen LogP contribution in [0, 0.1) is 13.8 Å². The first-order valence-electron chi connectivity index (χ1n) is 11.1. The van der Waals surface area contributed by atoms with Crippen molar-refractivity contribution in [2.75, 3.05) is 16.6 Å². The SMILES string of the molecule is Cc1cc(C)nc(NS(=O)(=O)c2ccc(NC(=O)CCCOc3ccc(C(C)C)cc3)cc2)n1. The Labute approximate surface area is 200 Å². The monoisotopic (exact) mass is 482 g/mol. The highest BCUT2D eigenvalue weighted by molar-refractivity contribution is 7.92. The van der Waals surface area contributed by atoms with E-state index in [1.807, 2.05) is 24.3 Å². The van der Waals surface area contributed by atoms with E-state index >= 15 is 0 Å². The fraction of sp³-hybridized carbons (Fsp3) is 0.320. The van der Waals surface area contributed by atoms with E-state index in [2.05, 4.69) is 33.9 Å². The Balaban J connectivity index is 1.47. The van der Waals surface area contributed by atoms with Crippen LogP contribution < -0.4 is 14.8 Å². The second-order valence-electron chi connectivity index (χ2n) is 8.33. The fourth-order valence-corrected chi connectivity index (χ4v) is 4.21. The highest BCUT2D eigenvalue weighted by Crippen LogP contribution is 2.19. The van der Waals surface area contributed by atoms with Gasteiger partial charge in [0.2, 0.25) is 11.9 Å². The summed E-state index contributed by atoms with van der Waals surface area (Å²) in [6.07, 6.45) is 0.847.